The Bertz CT molecular complexity index is 338. The van der Waals surface area contributed by atoms with E-state index in [2.05, 4.69) is 27.8 Å². The molecule has 0 aromatic carbocycles. The fourth-order valence-corrected chi connectivity index (χ4v) is 2.46. The van der Waals surface area contributed by atoms with Crippen LogP contribution in [0.25, 0.3) is 0 Å². The minimum absolute atomic E-state index is 0.579. The second-order valence-electron chi connectivity index (χ2n) is 3.45. The molecule has 0 bridgehead atoms. The fourth-order valence-electron chi connectivity index (χ4n) is 1.95. The lowest BCUT2D eigenvalue weighted by Gasteiger charge is -2.10. The summed E-state index contributed by atoms with van der Waals surface area (Å²) in [6.07, 6.45) is 4.17. The maximum Gasteiger partial charge on any atom is 0.216 e. The molecule has 1 aromatic rings. The molecule has 0 aliphatic heterocycles. The number of halogens is 1. The Morgan fingerprint density at radius 3 is 3.08 bits per heavy atom. The van der Waals surface area contributed by atoms with Crippen molar-refractivity contribution >= 4 is 15.9 Å². The molecule has 70 valence electrons. The van der Waals surface area contributed by atoms with Crippen LogP contribution in [0.5, 0.6) is 5.88 Å². The SMILES string of the molecule is COc1ncc(Br)c2c1C(C)CC2. The average Bonchev–Trinajstić information content (AvgIpc) is 2.51. The van der Waals surface area contributed by atoms with Gasteiger partial charge >= 0.3 is 0 Å². The van der Waals surface area contributed by atoms with Gasteiger partial charge in [0.1, 0.15) is 0 Å². The van der Waals surface area contributed by atoms with E-state index in [1.807, 2.05) is 6.20 Å². The summed E-state index contributed by atoms with van der Waals surface area (Å²) in [7, 11) is 1.68. The fraction of sp³-hybridized carbons (Fsp3) is 0.500. The number of nitrogens with zero attached hydrogens (tertiary/aromatic N) is 1. The first-order chi connectivity index (χ1) is 6.24. The first kappa shape index (κ1) is 9.00. The van der Waals surface area contributed by atoms with Crippen molar-refractivity contribution in [1.82, 2.24) is 4.98 Å². The molecule has 2 rings (SSSR count). The van der Waals surface area contributed by atoms with Crippen molar-refractivity contribution in [2.24, 2.45) is 0 Å². The van der Waals surface area contributed by atoms with Crippen LogP contribution in [-0.2, 0) is 6.42 Å². The summed E-state index contributed by atoms with van der Waals surface area (Å²) in [4.78, 5) is 4.25. The summed E-state index contributed by atoms with van der Waals surface area (Å²) in [6, 6.07) is 0. The maximum absolute atomic E-state index is 5.25. The van der Waals surface area contributed by atoms with Gasteiger partial charge in [0, 0.05) is 16.2 Å². The van der Waals surface area contributed by atoms with E-state index in [0.717, 1.165) is 16.8 Å². The molecule has 0 radical (unpaired) electrons. The van der Waals surface area contributed by atoms with E-state index in [9.17, 15) is 0 Å². The van der Waals surface area contributed by atoms with E-state index in [1.54, 1.807) is 7.11 Å². The molecule has 1 atom stereocenters. The van der Waals surface area contributed by atoms with Crippen LogP contribution >= 0.6 is 15.9 Å². The summed E-state index contributed by atoms with van der Waals surface area (Å²) in [5.41, 5.74) is 2.66. The Balaban J connectivity index is 2.60. The van der Waals surface area contributed by atoms with Crippen LogP contribution in [0.15, 0.2) is 10.7 Å². The predicted molar refractivity (Wildman–Crippen MR) is 55.2 cm³/mol. The molecule has 1 unspecified atom stereocenters. The molecule has 2 nitrogen and oxygen atoms in total. The minimum atomic E-state index is 0.579. The smallest absolute Gasteiger partial charge is 0.216 e. The van der Waals surface area contributed by atoms with Crippen molar-refractivity contribution < 1.29 is 4.74 Å². The van der Waals surface area contributed by atoms with Gasteiger partial charge in [0.25, 0.3) is 0 Å². The quantitative estimate of drug-likeness (QED) is 0.755. The molecular weight excluding hydrogens is 230 g/mol. The van der Waals surface area contributed by atoms with Gasteiger partial charge in [-0.2, -0.15) is 0 Å². The minimum Gasteiger partial charge on any atom is -0.481 e. The lowest BCUT2D eigenvalue weighted by molar-refractivity contribution is 0.390. The van der Waals surface area contributed by atoms with Gasteiger partial charge in [0.05, 0.1) is 7.11 Å². The van der Waals surface area contributed by atoms with Crippen LogP contribution in [0.1, 0.15) is 30.4 Å². The molecule has 13 heavy (non-hydrogen) atoms. The highest BCUT2D eigenvalue weighted by atomic mass is 79.9. The summed E-state index contributed by atoms with van der Waals surface area (Å²) in [5.74, 6) is 1.37. The zero-order valence-corrected chi connectivity index (χ0v) is 9.39. The van der Waals surface area contributed by atoms with E-state index in [0.29, 0.717) is 5.92 Å². The number of pyridine rings is 1. The zero-order valence-electron chi connectivity index (χ0n) is 7.80. The second-order valence-corrected chi connectivity index (χ2v) is 4.30. The molecule has 0 spiro atoms. The molecule has 1 heterocycles. The van der Waals surface area contributed by atoms with Gasteiger partial charge in [0.2, 0.25) is 5.88 Å². The number of rotatable bonds is 1. The summed E-state index contributed by atoms with van der Waals surface area (Å²) < 4.78 is 6.37. The van der Waals surface area contributed by atoms with E-state index in [-0.39, 0.29) is 0 Å². The Morgan fingerprint density at radius 1 is 1.62 bits per heavy atom. The number of methoxy groups -OCH3 is 1. The normalized spacial score (nSPS) is 20.1. The predicted octanol–water partition coefficient (Wildman–Crippen LogP) is 2.90. The van der Waals surface area contributed by atoms with Crippen molar-refractivity contribution in [1.29, 1.82) is 0 Å². The van der Waals surface area contributed by atoms with Gasteiger partial charge in [-0.15, -0.1) is 0 Å². The van der Waals surface area contributed by atoms with Crippen LogP contribution in [0.4, 0.5) is 0 Å². The first-order valence-electron chi connectivity index (χ1n) is 4.45. The van der Waals surface area contributed by atoms with Crippen molar-refractivity contribution in [2.75, 3.05) is 7.11 Å². The molecule has 0 fully saturated rings. The Labute approximate surface area is 86.5 Å². The number of fused-ring (bicyclic) bond motifs is 1. The molecule has 0 amide bonds. The van der Waals surface area contributed by atoms with Gasteiger partial charge in [-0.1, -0.05) is 6.92 Å². The van der Waals surface area contributed by atoms with Gasteiger partial charge in [0.15, 0.2) is 0 Å². The van der Waals surface area contributed by atoms with Crippen LogP contribution in [0, 0.1) is 0 Å². The molecular formula is C10H12BrNO. The molecule has 1 aliphatic rings. The zero-order chi connectivity index (χ0) is 9.42. The highest BCUT2D eigenvalue weighted by Crippen LogP contribution is 2.40. The topological polar surface area (TPSA) is 22.1 Å². The number of hydrogen-bond donors (Lipinski definition) is 0. The second kappa shape index (κ2) is 3.29. The number of hydrogen-bond acceptors (Lipinski definition) is 2. The molecule has 0 N–H and O–H groups in total. The first-order valence-corrected chi connectivity index (χ1v) is 5.24. The summed E-state index contributed by atoms with van der Waals surface area (Å²) in [6.45, 7) is 2.22. The number of aromatic nitrogens is 1. The van der Waals surface area contributed by atoms with Gasteiger partial charge in [-0.25, -0.2) is 4.98 Å². The molecule has 0 saturated heterocycles. The molecule has 3 heteroatoms. The lowest BCUT2D eigenvalue weighted by Crippen LogP contribution is -1.97. The van der Waals surface area contributed by atoms with Crippen molar-refractivity contribution in [2.45, 2.75) is 25.7 Å². The van der Waals surface area contributed by atoms with Crippen molar-refractivity contribution in [3.8, 4) is 5.88 Å². The van der Waals surface area contributed by atoms with Crippen molar-refractivity contribution in [3.63, 3.8) is 0 Å². The van der Waals surface area contributed by atoms with Gasteiger partial charge < -0.3 is 4.74 Å². The molecule has 1 aliphatic carbocycles. The van der Waals surface area contributed by atoms with Crippen LogP contribution in [0.3, 0.4) is 0 Å². The largest absolute Gasteiger partial charge is 0.481 e. The van der Waals surface area contributed by atoms with E-state index in [4.69, 9.17) is 4.74 Å². The van der Waals surface area contributed by atoms with Gasteiger partial charge in [-0.05, 0) is 40.3 Å². The highest BCUT2D eigenvalue weighted by molar-refractivity contribution is 9.10. The maximum atomic E-state index is 5.25. The van der Waals surface area contributed by atoms with Crippen LogP contribution in [-0.4, -0.2) is 12.1 Å². The third kappa shape index (κ3) is 1.35. The third-order valence-corrected chi connectivity index (χ3v) is 3.34. The Kier molecular flexibility index (Phi) is 2.28. The third-order valence-electron chi connectivity index (χ3n) is 2.65. The molecule has 1 aromatic heterocycles. The van der Waals surface area contributed by atoms with Crippen molar-refractivity contribution in [3.05, 3.63) is 21.8 Å². The van der Waals surface area contributed by atoms with Crippen LogP contribution in [0.2, 0.25) is 0 Å². The van der Waals surface area contributed by atoms with Gasteiger partial charge in [-0.3, -0.25) is 0 Å². The van der Waals surface area contributed by atoms with E-state index in [1.165, 1.54) is 17.5 Å². The van der Waals surface area contributed by atoms with Crippen LogP contribution < -0.4 is 4.74 Å². The summed E-state index contributed by atoms with van der Waals surface area (Å²) in [5, 5.41) is 0. The lowest BCUT2D eigenvalue weighted by atomic mass is 10.1. The summed E-state index contributed by atoms with van der Waals surface area (Å²) >= 11 is 3.52. The number of ether oxygens (including phenoxy) is 1. The standard InChI is InChI=1S/C10H12BrNO/c1-6-3-4-7-8(11)5-12-10(13-2)9(6)7/h5-6H,3-4H2,1-2H3. The highest BCUT2D eigenvalue weighted by Gasteiger charge is 2.25. The monoisotopic (exact) mass is 241 g/mol. The Morgan fingerprint density at radius 2 is 2.38 bits per heavy atom. The average molecular weight is 242 g/mol. The Hall–Kier alpha value is -0.570. The molecule has 0 saturated carbocycles. The van der Waals surface area contributed by atoms with E-state index >= 15 is 0 Å². The van der Waals surface area contributed by atoms with E-state index < -0.39 is 0 Å².